The van der Waals surface area contributed by atoms with Gasteiger partial charge < -0.3 is 5.32 Å². The highest BCUT2D eigenvalue weighted by atomic mass is 15.1. The van der Waals surface area contributed by atoms with Crippen LogP contribution in [0.3, 0.4) is 0 Å². The van der Waals surface area contributed by atoms with Gasteiger partial charge >= 0.3 is 0 Å². The van der Waals surface area contributed by atoms with E-state index in [0.29, 0.717) is 10.8 Å². The monoisotopic (exact) mass is 279 g/mol. The lowest BCUT2D eigenvalue weighted by atomic mass is 9.97. The Labute approximate surface area is 127 Å². The smallest absolute Gasteiger partial charge is 0.0183 e. The predicted octanol–water partition coefficient (Wildman–Crippen LogP) is 5.68. The van der Waals surface area contributed by atoms with Gasteiger partial charge in [-0.2, -0.15) is 0 Å². The van der Waals surface area contributed by atoms with Crippen LogP contribution in [-0.2, 0) is 0 Å². The van der Waals surface area contributed by atoms with E-state index in [0.717, 1.165) is 12.1 Å². The van der Waals surface area contributed by atoms with Crippen molar-refractivity contribution in [2.24, 2.45) is 10.8 Å². The maximum absolute atomic E-state index is 4.03. The van der Waals surface area contributed by atoms with Crippen LogP contribution in [0.4, 0.5) is 0 Å². The van der Waals surface area contributed by atoms with Crippen molar-refractivity contribution in [3.8, 4) is 0 Å². The molecule has 0 spiro atoms. The second-order valence-electron chi connectivity index (χ2n) is 8.50. The molecular formula is C19H37N. The Hall–Kier alpha value is -0.0400. The van der Waals surface area contributed by atoms with Gasteiger partial charge in [0.2, 0.25) is 0 Å². The fraction of sp³-hybridized carbons (Fsp3) is 1.00. The summed E-state index contributed by atoms with van der Waals surface area (Å²) >= 11 is 0. The van der Waals surface area contributed by atoms with Crippen molar-refractivity contribution in [2.45, 2.75) is 110 Å². The van der Waals surface area contributed by atoms with Gasteiger partial charge in [-0.05, 0) is 23.7 Å². The van der Waals surface area contributed by atoms with E-state index >= 15 is 0 Å². The Balaban J connectivity index is 1.81. The van der Waals surface area contributed by atoms with E-state index in [2.05, 4.69) is 33.0 Å². The number of rotatable bonds is 2. The molecule has 0 amide bonds. The van der Waals surface area contributed by atoms with Gasteiger partial charge in [0, 0.05) is 12.1 Å². The van der Waals surface area contributed by atoms with Crippen LogP contribution in [0.15, 0.2) is 0 Å². The third-order valence-corrected chi connectivity index (χ3v) is 6.53. The molecule has 0 heterocycles. The third kappa shape index (κ3) is 3.78. The molecule has 2 saturated carbocycles. The Bertz CT molecular complexity index is 266. The summed E-state index contributed by atoms with van der Waals surface area (Å²) in [6.45, 7) is 9.72. The number of nitrogens with one attached hydrogen (secondary N) is 1. The molecule has 0 saturated heterocycles. The van der Waals surface area contributed by atoms with Crippen molar-refractivity contribution < 1.29 is 0 Å². The lowest BCUT2D eigenvalue weighted by Gasteiger charge is -2.21. The van der Waals surface area contributed by atoms with Gasteiger partial charge in [-0.15, -0.1) is 0 Å². The molecule has 2 fully saturated rings. The molecule has 0 unspecified atom stereocenters. The predicted molar refractivity (Wildman–Crippen MR) is 89.1 cm³/mol. The summed E-state index contributed by atoms with van der Waals surface area (Å²) in [4.78, 5) is 0. The van der Waals surface area contributed by atoms with Crippen molar-refractivity contribution >= 4 is 0 Å². The van der Waals surface area contributed by atoms with E-state index in [9.17, 15) is 0 Å². The van der Waals surface area contributed by atoms with E-state index in [1.165, 1.54) is 70.6 Å². The van der Waals surface area contributed by atoms with E-state index < -0.39 is 0 Å². The molecule has 0 aromatic heterocycles. The molecular weight excluding hydrogens is 242 g/mol. The van der Waals surface area contributed by atoms with Crippen LogP contribution in [0, 0.1) is 10.8 Å². The minimum Gasteiger partial charge on any atom is -0.310 e. The molecule has 0 bridgehead atoms. The van der Waals surface area contributed by atoms with Gasteiger partial charge in [0.15, 0.2) is 0 Å². The van der Waals surface area contributed by atoms with Gasteiger partial charge in [-0.1, -0.05) is 85.5 Å². The molecule has 0 aliphatic heterocycles. The molecule has 0 aromatic carbocycles. The molecule has 0 atom stereocenters. The van der Waals surface area contributed by atoms with Crippen molar-refractivity contribution in [3.05, 3.63) is 0 Å². The molecule has 0 aromatic rings. The Morgan fingerprint density at radius 2 is 0.950 bits per heavy atom. The highest BCUT2D eigenvalue weighted by Crippen LogP contribution is 2.62. The Morgan fingerprint density at radius 3 is 1.30 bits per heavy atom. The van der Waals surface area contributed by atoms with E-state index in [-0.39, 0.29) is 0 Å². The zero-order chi connectivity index (χ0) is 14.6. The van der Waals surface area contributed by atoms with Gasteiger partial charge in [-0.3, -0.25) is 0 Å². The molecule has 2 aliphatic carbocycles. The fourth-order valence-corrected chi connectivity index (χ4v) is 4.18. The van der Waals surface area contributed by atoms with Crippen molar-refractivity contribution in [3.63, 3.8) is 0 Å². The fourth-order valence-electron chi connectivity index (χ4n) is 4.18. The third-order valence-electron chi connectivity index (χ3n) is 6.53. The van der Waals surface area contributed by atoms with Gasteiger partial charge in [0.1, 0.15) is 0 Å². The molecule has 0 radical (unpaired) electrons. The van der Waals surface area contributed by atoms with Crippen molar-refractivity contribution in [2.75, 3.05) is 0 Å². The van der Waals surface area contributed by atoms with Crippen molar-refractivity contribution in [1.29, 1.82) is 0 Å². The summed E-state index contributed by atoms with van der Waals surface area (Å²) in [5, 5.41) is 4.03. The first-order valence-corrected chi connectivity index (χ1v) is 9.22. The Kier molecular flexibility index (Phi) is 5.56. The largest absolute Gasteiger partial charge is 0.310 e. The van der Waals surface area contributed by atoms with Crippen LogP contribution in [0.25, 0.3) is 0 Å². The lowest BCUT2D eigenvalue weighted by Crippen LogP contribution is -2.34. The summed E-state index contributed by atoms with van der Waals surface area (Å²) in [5.74, 6) is 0. The maximum atomic E-state index is 4.03. The van der Waals surface area contributed by atoms with Crippen LogP contribution >= 0.6 is 0 Å². The first-order valence-electron chi connectivity index (χ1n) is 9.22. The molecule has 2 aliphatic rings. The average Bonchev–Trinajstić information content (AvgIpc) is 2.74. The Morgan fingerprint density at radius 1 is 0.600 bits per heavy atom. The number of hydrogen-bond donors (Lipinski definition) is 1. The zero-order valence-electron chi connectivity index (χ0n) is 14.4. The maximum Gasteiger partial charge on any atom is 0.0183 e. The molecule has 2 rings (SSSR count). The quantitative estimate of drug-likeness (QED) is 0.685. The SMILES string of the molecule is CC1(C)C(NC2CCCCCCCCCCC2)C1(C)C. The molecule has 20 heavy (non-hydrogen) atoms. The summed E-state index contributed by atoms with van der Waals surface area (Å²) in [6.07, 6.45) is 15.9. The minimum atomic E-state index is 0.483. The summed E-state index contributed by atoms with van der Waals surface area (Å²) in [7, 11) is 0. The van der Waals surface area contributed by atoms with E-state index in [1.54, 1.807) is 0 Å². The first kappa shape index (κ1) is 16.3. The molecule has 1 nitrogen and oxygen atoms in total. The average molecular weight is 280 g/mol. The van der Waals surface area contributed by atoms with E-state index in [4.69, 9.17) is 0 Å². The second kappa shape index (κ2) is 6.81. The highest BCUT2D eigenvalue weighted by Gasteiger charge is 2.64. The normalized spacial score (nSPS) is 29.4. The topological polar surface area (TPSA) is 12.0 Å². The van der Waals surface area contributed by atoms with Crippen LogP contribution in [0.1, 0.15) is 98.3 Å². The molecule has 1 heteroatoms. The summed E-state index contributed by atoms with van der Waals surface area (Å²) < 4.78 is 0. The highest BCUT2D eigenvalue weighted by molar-refractivity contribution is 5.18. The van der Waals surface area contributed by atoms with E-state index in [1.807, 2.05) is 0 Å². The summed E-state index contributed by atoms with van der Waals surface area (Å²) in [5.41, 5.74) is 0.966. The van der Waals surface area contributed by atoms with Crippen LogP contribution < -0.4 is 5.32 Å². The molecule has 118 valence electrons. The zero-order valence-corrected chi connectivity index (χ0v) is 14.4. The van der Waals surface area contributed by atoms with Crippen LogP contribution in [0.2, 0.25) is 0 Å². The van der Waals surface area contributed by atoms with Gasteiger partial charge in [0.05, 0.1) is 0 Å². The van der Waals surface area contributed by atoms with Crippen molar-refractivity contribution in [1.82, 2.24) is 5.32 Å². The van der Waals surface area contributed by atoms with Gasteiger partial charge in [-0.25, -0.2) is 0 Å². The van der Waals surface area contributed by atoms with Gasteiger partial charge in [0.25, 0.3) is 0 Å². The standard InChI is InChI=1S/C19H37N/c1-18(2)17(19(18,3)4)20-16-14-12-10-8-6-5-7-9-11-13-15-16/h16-17,20H,5-15H2,1-4H3. The van der Waals surface area contributed by atoms with Crippen LogP contribution in [0.5, 0.6) is 0 Å². The minimum absolute atomic E-state index is 0.483. The second-order valence-corrected chi connectivity index (χ2v) is 8.50. The molecule has 1 N–H and O–H groups in total. The summed E-state index contributed by atoms with van der Waals surface area (Å²) in [6, 6.07) is 1.51. The first-order chi connectivity index (χ1) is 9.46. The van der Waals surface area contributed by atoms with Crippen LogP contribution in [-0.4, -0.2) is 12.1 Å². The lowest BCUT2D eigenvalue weighted by molar-refractivity contribution is 0.380. The number of hydrogen-bond acceptors (Lipinski definition) is 1.